The lowest BCUT2D eigenvalue weighted by atomic mass is 10.2. The van der Waals surface area contributed by atoms with Gasteiger partial charge in [-0.1, -0.05) is 0 Å². The van der Waals surface area contributed by atoms with Crippen LogP contribution in [-0.2, 0) is 0 Å². The molecular formula is C10H15N3S. The molecule has 0 spiro atoms. The van der Waals surface area contributed by atoms with Crippen molar-refractivity contribution in [2.24, 2.45) is 0 Å². The summed E-state index contributed by atoms with van der Waals surface area (Å²) in [5.74, 6) is 0. The van der Waals surface area contributed by atoms with Crippen molar-refractivity contribution in [2.75, 3.05) is 25.0 Å². The average Bonchev–Trinajstić information content (AvgIpc) is 2.72. The molecule has 0 N–H and O–H groups in total. The molecule has 0 amide bonds. The van der Waals surface area contributed by atoms with Gasteiger partial charge < -0.3 is 9.80 Å². The highest BCUT2D eigenvalue weighted by molar-refractivity contribution is 7.13. The Bertz CT molecular complexity index is 297. The van der Waals surface area contributed by atoms with E-state index >= 15 is 0 Å². The lowest BCUT2D eigenvalue weighted by Crippen LogP contribution is -2.52. The first-order chi connectivity index (χ1) is 6.84. The fourth-order valence-corrected chi connectivity index (χ4v) is 3.55. The summed E-state index contributed by atoms with van der Waals surface area (Å²) in [5, 5.41) is 3.30. The lowest BCUT2D eigenvalue weighted by Gasteiger charge is -2.39. The van der Waals surface area contributed by atoms with Gasteiger partial charge in [-0.3, -0.25) is 0 Å². The molecule has 2 fully saturated rings. The summed E-state index contributed by atoms with van der Waals surface area (Å²) in [4.78, 5) is 9.43. The second-order valence-corrected chi connectivity index (χ2v) is 5.20. The number of thiazole rings is 1. The van der Waals surface area contributed by atoms with Crippen molar-refractivity contribution in [3.8, 4) is 0 Å². The molecule has 3 rings (SSSR count). The molecule has 1 aromatic heterocycles. The van der Waals surface area contributed by atoms with Crippen LogP contribution in [0.3, 0.4) is 0 Å². The Hall–Kier alpha value is -0.610. The van der Waals surface area contributed by atoms with Gasteiger partial charge in [-0.05, 0) is 19.9 Å². The second-order valence-electron chi connectivity index (χ2n) is 4.33. The van der Waals surface area contributed by atoms with E-state index in [1.165, 1.54) is 31.1 Å². The maximum Gasteiger partial charge on any atom is 0.185 e. The first kappa shape index (κ1) is 8.68. The summed E-state index contributed by atoms with van der Waals surface area (Å²) < 4.78 is 0. The Kier molecular flexibility index (Phi) is 1.99. The number of hydrogen-bond acceptors (Lipinski definition) is 4. The van der Waals surface area contributed by atoms with Gasteiger partial charge in [0.1, 0.15) is 0 Å². The zero-order valence-corrected chi connectivity index (χ0v) is 9.20. The van der Waals surface area contributed by atoms with E-state index in [2.05, 4.69) is 27.2 Å². The van der Waals surface area contributed by atoms with Crippen LogP contribution in [0.5, 0.6) is 0 Å². The first-order valence-corrected chi connectivity index (χ1v) is 6.09. The summed E-state index contributed by atoms with van der Waals surface area (Å²) in [6, 6.07) is 1.43. The Morgan fingerprint density at radius 3 is 2.64 bits per heavy atom. The fourth-order valence-electron chi connectivity index (χ4n) is 2.77. The summed E-state index contributed by atoms with van der Waals surface area (Å²) in [5.41, 5.74) is 0. The number of hydrogen-bond donors (Lipinski definition) is 0. The third-order valence-electron chi connectivity index (χ3n) is 3.30. The second kappa shape index (κ2) is 3.21. The van der Waals surface area contributed by atoms with Crippen LogP contribution < -0.4 is 4.90 Å². The number of nitrogens with zero attached hydrogens (tertiary/aromatic N) is 3. The van der Waals surface area contributed by atoms with Crippen molar-refractivity contribution in [1.82, 2.24) is 9.88 Å². The molecule has 2 atom stereocenters. The number of rotatable bonds is 1. The maximum absolute atomic E-state index is 4.43. The summed E-state index contributed by atoms with van der Waals surface area (Å²) in [6.07, 6.45) is 4.60. The molecule has 2 aliphatic heterocycles. The molecule has 3 nitrogen and oxygen atoms in total. The third kappa shape index (κ3) is 1.25. The highest BCUT2D eigenvalue weighted by atomic mass is 32.1. The Balaban J connectivity index is 1.88. The lowest BCUT2D eigenvalue weighted by molar-refractivity contribution is 0.264. The molecule has 1 aromatic rings. The number of piperazine rings is 1. The van der Waals surface area contributed by atoms with Crippen molar-refractivity contribution in [1.29, 1.82) is 0 Å². The minimum atomic E-state index is 0.713. The Morgan fingerprint density at radius 2 is 2.07 bits per heavy atom. The van der Waals surface area contributed by atoms with E-state index in [1.807, 2.05) is 6.20 Å². The van der Waals surface area contributed by atoms with E-state index in [0.717, 1.165) is 0 Å². The minimum Gasteiger partial charge on any atom is -0.340 e. The molecule has 76 valence electrons. The van der Waals surface area contributed by atoms with Crippen molar-refractivity contribution in [3.63, 3.8) is 0 Å². The van der Waals surface area contributed by atoms with Gasteiger partial charge in [0.25, 0.3) is 0 Å². The summed E-state index contributed by atoms with van der Waals surface area (Å²) in [7, 11) is 2.23. The van der Waals surface area contributed by atoms with E-state index in [9.17, 15) is 0 Å². The van der Waals surface area contributed by atoms with E-state index in [-0.39, 0.29) is 0 Å². The van der Waals surface area contributed by atoms with Gasteiger partial charge in [-0.15, -0.1) is 11.3 Å². The third-order valence-corrected chi connectivity index (χ3v) is 4.09. The van der Waals surface area contributed by atoms with Gasteiger partial charge in [-0.25, -0.2) is 4.98 Å². The molecule has 14 heavy (non-hydrogen) atoms. The van der Waals surface area contributed by atoms with Gasteiger partial charge >= 0.3 is 0 Å². The van der Waals surface area contributed by atoms with Crippen molar-refractivity contribution in [3.05, 3.63) is 11.6 Å². The molecular weight excluding hydrogens is 194 g/mol. The number of fused-ring (bicyclic) bond motifs is 2. The van der Waals surface area contributed by atoms with Crippen LogP contribution in [0.4, 0.5) is 5.13 Å². The van der Waals surface area contributed by atoms with Crippen LogP contribution in [0.15, 0.2) is 11.6 Å². The largest absolute Gasteiger partial charge is 0.340 e. The van der Waals surface area contributed by atoms with Crippen LogP contribution in [-0.4, -0.2) is 42.1 Å². The molecule has 0 radical (unpaired) electrons. The molecule has 2 bridgehead atoms. The smallest absolute Gasteiger partial charge is 0.185 e. The van der Waals surface area contributed by atoms with Gasteiger partial charge in [0.2, 0.25) is 0 Å². The summed E-state index contributed by atoms with van der Waals surface area (Å²) >= 11 is 1.77. The van der Waals surface area contributed by atoms with Crippen LogP contribution >= 0.6 is 11.3 Å². The van der Waals surface area contributed by atoms with Crippen molar-refractivity contribution in [2.45, 2.75) is 24.9 Å². The van der Waals surface area contributed by atoms with Gasteiger partial charge in [0, 0.05) is 36.8 Å². The predicted octanol–water partition coefficient (Wildman–Crippen LogP) is 1.43. The number of anilines is 1. The van der Waals surface area contributed by atoms with Crippen LogP contribution in [0.25, 0.3) is 0 Å². The van der Waals surface area contributed by atoms with Gasteiger partial charge in [0.15, 0.2) is 5.13 Å². The highest BCUT2D eigenvalue weighted by Crippen LogP contribution is 2.35. The molecule has 2 unspecified atom stereocenters. The molecule has 0 saturated carbocycles. The van der Waals surface area contributed by atoms with Gasteiger partial charge in [0.05, 0.1) is 0 Å². The minimum absolute atomic E-state index is 0.713. The highest BCUT2D eigenvalue weighted by Gasteiger charge is 2.39. The quantitative estimate of drug-likeness (QED) is 0.697. The topological polar surface area (TPSA) is 19.4 Å². The first-order valence-electron chi connectivity index (χ1n) is 5.21. The van der Waals surface area contributed by atoms with Gasteiger partial charge in [-0.2, -0.15) is 0 Å². The number of likely N-dealkylation sites (tertiary alicyclic amines) is 1. The molecule has 2 saturated heterocycles. The average molecular weight is 209 g/mol. The number of aromatic nitrogens is 1. The molecule has 3 heterocycles. The maximum atomic E-state index is 4.43. The SMILES string of the molecule is CN1CC2CCC(C1)N2c1nccs1. The molecule has 0 aliphatic carbocycles. The van der Waals surface area contributed by atoms with Crippen molar-refractivity contribution < 1.29 is 0 Å². The van der Waals surface area contributed by atoms with Crippen molar-refractivity contribution >= 4 is 16.5 Å². The predicted molar refractivity (Wildman–Crippen MR) is 58.9 cm³/mol. The van der Waals surface area contributed by atoms with E-state index in [0.29, 0.717) is 12.1 Å². The number of likely N-dealkylation sites (N-methyl/N-ethyl adjacent to an activating group) is 1. The van der Waals surface area contributed by atoms with Crippen LogP contribution in [0, 0.1) is 0 Å². The molecule has 2 aliphatic rings. The standard InChI is InChI=1S/C10H15N3S/c1-12-6-8-2-3-9(7-12)13(8)10-11-4-5-14-10/h4-5,8-9H,2-3,6-7H2,1H3. The monoisotopic (exact) mass is 209 g/mol. The van der Waals surface area contributed by atoms with E-state index in [4.69, 9.17) is 0 Å². The van der Waals surface area contributed by atoms with E-state index < -0.39 is 0 Å². The normalized spacial score (nSPS) is 32.5. The fraction of sp³-hybridized carbons (Fsp3) is 0.700. The zero-order chi connectivity index (χ0) is 9.54. The molecule has 0 aromatic carbocycles. The molecule has 4 heteroatoms. The van der Waals surface area contributed by atoms with Crippen LogP contribution in [0.1, 0.15) is 12.8 Å². The van der Waals surface area contributed by atoms with E-state index in [1.54, 1.807) is 11.3 Å². The Morgan fingerprint density at radius 1 is 1.36 bits per heavy atom. The Labute approximate surface area is 88.4 Å². The van der Waals surface area contributed by atoms with Crippen LogP contribution in [0.2, 0.25) is 0 Å². The summed E-state index contributed by atoms with van der Waals surface area (Å²) in [6.45, 7) is 2.41. The zero-order valence-electron chi connectivity index (χ0n) is 8.39.